The zero-order valence-corrected chi connectivity index (χ0v) is 14.1. The summed E-state index contributed by atoms with van der Waals surface area (Å²) in [7, 11) is 1.55. The summed E-state index contributed by atoms with van der Waals surface area (Å²) in [6.45, 7) is 2.69. The molecule has 0 aliphatic carbocycles. The first-order valence-corrected chi connectivity index (χ1v) is 7.97. The van der Waals surface area contributed by atoms with Crippen LogP contribution in [0.4, 0.5) is 11.4 Å². The molecule has 0 aromatic heterocycles. The maximum Gasteiger partial charge on any atom is 0.226 e. The molecule has 5 heteroatoms. The van der Waals surface area contributed by atoms with Crippen LogP contribution in [0.15, 0.2) is 42.5 Å². The second-order valence-electron chi connectivity index (χ2n) is 5.08. The Hall–Kier alpha value is -2.20. The molecule has 0 saturated carbocycles. The standard InChI is InChI=1S/C18H21ClN2O2/c1-3-13-6-4-5-7-16(13)20-11-10-18(22)21-14-8-9-17(23-2)15(19)12-14/h4-9,12,20H,3,10-11H2,1-2H3,(H,21,22). The monoisotopic (exact) mass is 332 g/mol. The van der Waals surface area contributed by atoms with Crippen molar-refractivity contribution in [3.8, 4) is 5.75 Å². The summed E-state index contributed by atoms with van der Waals surface area (Å²) in [6.07, 6.45) is 1.33. The summed E-state index contributed by atoms with van der Waals surface area (Å²) in [5, 5.41) is 6.61. The molecule has 23 heavy (non-hydrogen) atoms. The lowest BCUT2D eigenvalue weighted by atomic mass is 10.1. The van der Waals surface area contributed by atoms with Crippen LogP contribution < -0.4 is 15.4 Å². The molecule has 2 N–H and O–H groups in total. The molecule has 0 atom stereocenters. The largest absolute Gasteiger partial charge is 0.495 e. The molecule has 0 unspecified atom stereocenters. The Kier molecular flexibility index (Phi) is 6.29. The first kappa shape index (κ1) is 17.2. The third-order valence-corrected chi connectivity index (χ3v) is 3.80. The maximum atomic E-state index is 12.0. The summed E-state index contributed by atoms with van der Waals surface area (Å²) >= 11 is 6.04. The van der Waals surface area contributed by atoms with E-state index < -0.39 is 0 Å². The molecular weight excluding hydrogens is 312 g/mol. The number of halogens is 1. The lowest BCUT2D eigenvalue weighted by Crippen LogP contribution is -2.16. The molecule has 0 aliphatic rings. The highest BCUT2D eigenvalue weighted by atomic mass is 35.5. The van der Waals surface area contributed by atoms with E-state index in [-0.39, 0.29) is 5.91 Å². The Morgan fingerprint density at radius 3 is 2.70 bits per heavy atom. The molecule has 2 aromatic rings. The second kappa shape index (κ2) is 8.44. The highest BCUT2D eigenvalue weighted by Gasteiger charge is 2.06. The minimum absolute atomic E-state index is 0.0623. The van der Waals surface area contributed by atoms with Crippen molar-refractivity contribution in [2.45, 2.75) is 19.8 Å². The van der Waals surface area contributed by atoms with Crippen molar-refractivity contribution < 1.29 is 9.53 Å². The number of carbonyl (C=O) groups is 1. The van der Waals surface area contributed by atoms with Gasteiger partial charge >= 0.3 is 0 Å². The van der Waals surface area contributed by atoms with Gasteiger partial charge in [0.05, 0.1) is 12.1 Å². The number of hydrogen-bond acceptors (Lipinski definition) is 3. The lowest BCUT2D eigenvalue weighted by Gasteiger charge is -2.11. The van der Waals surface area contributed by atoms with Crippen molar-refractivity contribution in [3.05, 3.63) is 53.1 Å². The number of amides is 1. The van der Waals surface area contributed by atoms with E-state index in [1.165, 1.54) is 5.56 Å². The molecule has 122 valence electrons. The number of rotatable bonds is 7. The van der Waals surface area contributed by atoms with Crippen LogP contribution in [0.5, 0.6) is 5.75 Å². The third-order valence-electron chi connectivity index (χ3n) is 3.50. The molecule has 2 rings (SSSR count). The highest BCUT2D eigenvalue weighted by molar-refractivity contribution is 6.32. The molecular formula is C18H21ClN2O2. The summed E-state index contributed by atoms with van der Waals surface area (Å²) < 4.78 is 5.09. The van der Waals surface area contributed by atoms with Crippen LogP contribution >= 0.6 is 11.6 Å². The molecule has 0 radical (unpaired) electrons. The quantitative estimate of drug-likeness (QED) is 0.792. The smallest absolute Gasteiger partial charge is 0.226 e. The van der Waals surface area contributed by atoms with E-state index >= 15 is 0 Å². The number of anilines is 2. The van der Waals surface area contributed by atoms with Gasteiger partial charge in [0.25, 0.3) is 0 Å². The van der Waals surface area contributed by atoms with Gasteiger partial charge in [-0.05, 0) is 36.2 Å². The normalized spacial score (nSPS) is 10.2. The van der Waals surface area contributed by atoms with Crippen molar-refractivity contribution in [2.75, 3.05) is 24.3 Å². The molecule has 4 nitrogen and oxygen atoms in total. The van der Waals surface area contributed by atoms with Crippen LogP contribution in [0.2, 0.25) is 5.02 Å². The van der Waals surface area contributed by atoms with Gasteiger partial charge in [0.15, 0.2) is 0 Å². The van der Waals surface area contributed by atoms with Crippen molar-refractivity contribution in [3.63, 3.8) is 0 Å². The molecule has 2 aromatic carbocycles. The molecule has 0 spiro atoms. The van der Waals surface area contributed by atoms with E-state index in [1.54, 1.807) is 25.3 Å². The van der Waals surface area contributed by atoms with Crippen molar-refractivity contribution in [1.29, 1.82) is 0 Å². The van der Waals surface area contributed by atoms with Gasteiger partial charge in [0, 0.05) is 24.3 Å². The summed E-state index contributed by atoms with van der Waals surface area (Å²) in [4.78, 5) is 12.0. The van der Waals surface area contributed by atoms with E-state index in [0.717, 1.165) is 12.1 Å². The molecule has 0 fully saturated rings. The number of ether oxygens (including phenoxy) is 1. The van der Waals surface area contributed by atoms with Crippen molar-refractivity contribution in [2.24, 2.45) is 0 Å². The average Bonchev–Trinajstić information content (AvgIpc) is 2.55. The fourth-order valence-corrected chi connectivity index (χ4v) is 2.54. The number of benzene rings is 2. The summed E-state index contributed by atoms with van der Waals surface area (Å²) in [5.41, 5.74) is 2.99. The second-order valence-corrected chi connectivity index (χ2v) is 5.49. The summed E-state index contributed by atoms with van der Waals surface area (Å²) in [6, 6.07) is 13.3. The van der Waals surface area contributed by atoms with Gasteiger partial charge in [-0.3, -0.25) is 4.79 Å². The van der Waals surface area contributed by atoms with E-state index in [9.17, 15) is 4.79 Å². The maximum absolute atomic E-state index is 12.0. The van der Waals surface area contributed by atoms with E-state index in [2.05, 4.69) is 23.6 Å². The fraction of sp³-hybridized carbons (Fsp3) is 0.278. The van der Waals surface area contributed by atoms with Gasteiger partial charge < -0.3 is 15.4 Å². The highest BCUT2D eigenvalue weighted by Crippen LogP contribution is 2.27. The van der Waals surface area contributed by atoms with Crippen LogP contribution in [0.3, 0.4) is 0 Å². The Morgan fingerprint density at radius 1 is 1.22 bits per heavy atom. The lowest BCUT2D eigenvalue weighted by molar-refractivity contribution is -0.115. The average molecular weight is 333 g/mol. The predicted molar refractivity (Wildman–Crippen MR) is 95.6 cm³/mol. The van der Waals surface area contributed by atoms with Gasteiger partial charge in [-0.2, -0.15) is 0 Å². The minimum atomic E-state index is -0.0623. The number of aryl methyl sites for hydroxylation is 1. The fourth-order valence-electron chi connectivity index (χ4n) is 2.28. The third kappa shape index (κ3) is 4.89. The Labute approximate surface area is 141 Å². The number of para-hydroxylation sites is 1. The van der Waals surface area contributed by atoms with Gasteiger partial charge in [0.2, 0.25) is 5.91 Å². The molecule has 1 amide bonds. The van der Waals surface area contributed by atoms with E-state index in [0.29, 0.717) is 29.4 Å². The minimum Gasteiger partial charge on any atom is -0.495 e. The van der Waals surface area contributed by atoms with E-state index in [4.69, 9.17) is 16.3 Å². The molecule has 0 saturated heterocycles. The SMILES string of the molecule is CCc1ccccc1NCCC(=O)Nc1ccc(OC)c(Cl)c1. The van der Waals surface area contributed by atoms with Crippen LogP contribution in [0.1, 0.15) is 18.9 Å². The number of carbonyl (C=O) groups excluding carboxylic acids is 1. The van der Waals surface area contributed by atoms with Crippen molar-refractivity contribution >= 4 is 28.9 Å². The predicted octanol–water partition coefficient (Wildman–Crippen LogP) is 4.35. The molecule has 0 heterocycles. The first-order chi connectivity index (χ1) is 11.1. The summed E-state index contributed by atoms with van der Waals surface area (Å²) in [5.74, 6) is 0.523. The van der Waals surface area contributed by atoms with Crippen LogP contribution in [0.25, 0.3) is 0 Å². The topological polar surface area (TPSA) is 50.4 Å². The van der Waals surface area contributed by atoms with Gasteiger partial charge in [0.1, 0.15) is 5.75 Å². The Balaban J connectivity index is 1.84. The van der Waals surface area contributed by atoms with Crippen molar-refractivity contribution in [1.82, 2.24) is 0 Å². The van der Waals surface area contributed by atoms with Gasteiger partial charge in [-0.1, -0.05) is 36.7 Å². The van der Waals surface area contributed by atoms with Crippen LogP contribution in [0, 0.1) is 0 Å². The molecule has 0 aliphatic heterocycles. The number of hydrogen-bond donors (Lipinski definition) is 2. The zero-order valence-electron chi connectivity index (χ0n) is 13.4. The van der Waals surface area contributed by atoms with Gasteiger partial charge in [-0.15, -0.1) is 0 Å². The Bertz CT molecular complexity index is 674. The molecule has 0 bridgehead atoms. The first-order valence-electron chi connectivity index (χ1n) is 7.59. The van der Waals surface area contributed by atoms with Crippen LogP contribution in [-0.4, -0.2) is 19.6 Å². The van der Waals surface area contributed by atoms with E-state index in [1.807, 2.05) is 18.2 Å². The number of nitrogens with one attached hydrogen (secondary N) is 2. The number of methoxy groups -OCH3 is 1. The zero-order chi connectivity index (χ0) is 16.7. The Morgan fingerprint density at radius 2 is 2.00 bits per heavy atom. The van der Waals surface area contributed by atoms with Gasteiger partial charge in [-0.25, -0.2) is 0 Å². The van der Waals surface area contributed by atoms with Crippen LogP contribution in [-0.2, 0) is 11.2 Å².